The van der Waals surface area contributed by atoms with E-state index in [1.807, 2.05) is 52.3 Å². The minimum absolute atomic E-state index is 0.0370. The van der Waals surface area contributed by atoms with E-state index < -0.39 is 0 Å². The van der Waals surface area contributed by atoms with Crippen molar-refractivity contribution in [3.63, 3.8) is 0 Å². The quantitative estimate of drug-likeness (QED) is 0.844. The SMILES string of the molecule is O=C(c1ccc2ccccc2c1)N1CCN(C(=O)C2CCCO2)CC1. The molecule has 5 nitrogen and oxygen atoms in total. The summed E-state index contributed by atoms with van der Waals surface area (Å²) in [7, 11) is 0. The molecule has 1 unspecified atom stereocenters. The van der Waals surface area contributed by atoms with E-state index in [1.54, 1.807) is 0 Å². The molecular weight excluding hydrogens is 316 g/mol. The zero-order valence-corrected chi connectivity index (χ0v) is 14.2. The molecule has 2 saturated heterocycles. The van der Waals surface area contributed by atoms with Crippen molar-refractivity contribution >= 4 is 22.6 Å². The van der Waals surface area contributed by atoms with Crippen LogP contribution in [0.25, 0.3) is 10.8 Å². The number of benzene rings is 2. The molecule has 0 N–H and O–H groups in total. The van der Waals surface area contributed by atoms with Crippen LogP contribution in [-0.2, 0) is 9.53 Å². The van der Waals surface area contributed by atoms with Crippen molar-refractivity contribution in [3.05, 3.63) is 48.0 Å². The van der Waals surface area contributed by atoms with Gasteiger partial charge in [-0.15, -0.1) is 0 Å². The van der Waals surface area contributed by atoms with E-state index in [2.05, 4.69) is 0 Å². The van der Waals surface area contributed by atoms with Gasteiger partial charge in [0.1, 0.15) is 6.10 Å². The lowest BCUT2D eigenvalue weighted by molar-refractivity contribution is -0.142. The Kier molecular flexibility index (Phi) is 4.40. The second kappa shape index (κ2) is 6.84. The maximum absolute atomic E-state index is 12.8. The number of rotatable bonds is 2. The summed E-state index contributed by atoms with van der Waals surface area (Å²) in [4.78, 5) is 28.8. The van der Waals surface area contributed by atoms with Crippen LogP contribution in [-0.4, -0.2) is 60.5 Å². The molecule has 130 valence electrons. The van der Waals surface area contributed by atoms with E-state index in [4.69, 9.17) is 4.74 Å². The summed E-state index contributed by atoms with van der Waals surface area (Å²) < 4.78 is 5.48. The Labute approximate surface area is 147 Å². The highest BCUT2D eigenvalue weighted by molar-refractivity contribution is 5.98. The van der Waals surface area contributed by atoms with Crippen LogP contribution in [0.4, 0.5) is 0 Å². The molecule has 0 saturated carbocycles. The van der Waals surface area contributed by atoms with E-state index in [0.29, 0.717) is 38.3 Å². The highest BCUT2D eigenvalue weighted by Crippen LogP contribution is 2.19. The summed E-state index contributed by atoms with van der Waals surface area (Å²) in [6.07, 6.45) is 1.49. The Bertz CT molecular complexity index is 790. The van der Waals surface area contributed by atoms with E-state index in [-0.39, 0.29) is 17.9 Å². The lowest BCUT2D eigenvalue weighted by atomic mass is 10.1. The molecule has 0 radical (unpaired) electrons. The number of hydrogen-bond acceptors (Lipinski definition) is 3. The van der Waals surface area contributed by atoms with Gasteiger partial charge in [0.05, 0.1) is 0 Å². The first-order valence-electron chi connectivity index (χ1n) is 8.91. The van der Waals surface area contributed by atoms with Gasteiger partial charge >= 0.3 is 0 Å². The lowest BCUT2D eigenvalue weighted by Crippen LogP contribution is -2.52. The Hall–Kier alpha value is -2.40. The highest BCUT2D eigenvalue weighted by atomic mass is 16.5. The van der Waals surface area contributed by atoms with E-state index in [1.165, 1.54) is 0 Å². The van der Waals surface area contributed by atoms with E-state index in [9.17, 15) is 9.59 Å². The molecular formula is C20H22N2O3. The molecule has 1 atom stereocenters. The zero-order valence-electron chi connectivity index (χ0n) is 14.2. The number of hydrogen-bond donors (Lipinski definition) is 0. The predicted molar refractivity (Wildman–Crippen MR) is 95.4 cm³/mol. The number of carbonyl (C=O) groups excluding carboxylic acids is 2. The maximum atomic E-state index is 12.8. The van der Waals surface area contributed by atoms with Crippen molar-refractivity contribution in [2.45, 2.75) is 18.9 Å². The maximum Gasteiger partial charge on any atom is 0.253 e. The van der Waals surface area contributed by atoms with Crippen LogP contribution in [0.15, 0.2) is 42.5 Å². The van der Waals surface area contributed by atoms with Crippen LogP contribution in [0.3, 0.4) is 0 Å². The summed E-state index contributed by atoms with van der Waals surface area (Å²) in [5.74, 6) is 0.116. The largest absolute Gasteiger partial charge is 0.368 e. The standard InChI is InChI=1S/C20H22N2O3/c23-19(17-8-7-15-4-1-2-5-16(15)14-17)21-9-11-22(12-10-21)20(24)18-6-3-13-25-18/h1-2,4-5,7-8,14,18H,3,6,9-13H2. The molecule has 2 aromatic rings. The van der Waals surface area contributed by atoms with Gasteiger partial charge in [-0.1, -0.05) is 30.3 Å². The summed E-state index contributed by atoms with van der Waals surface area (Å²) >= 11 is 0. The van der Waals surface area contributed by atoms with Crippen LogP contribution in [0.2, 0.25) is 0 Å². The van der Waals surface area contributed by atoms with Crippen molar-refractivity contribution < 1.29 is 14.3 Å². The second-order valence-corrected chi connectivity index (χ2v) is 6.68. The summed E-state index contributed by atoms with van der Waals surface area (Å²) in [5, 5.41) is 2.20. The van der Waals surface area contributed by atoms with Crippen molar-refractivity contribution in [3.8, 4) is 0 Å². The van der Waals surface area contributed by atoms with Gasteiger partial charge in [-0.2, -0.15) is 0 Å². The van der Waals surface area contributed by atoms with E-state index in [0.717, 1.165) is 23.6 Å². The van der Waals surface area contributed by atoms with Crippen molar-refractivity contribution in [1.82, 2.24) is 9.80 Å². The molecule has 2 aliphatic heterocycles. The monoisotopic (exact) mass is 338 g/mol. The minimum Gasteiger partial charge on any atom is -0.368 e. The smallest absolute Gasteiger partial charge is 0.253 e. The van der Waals surface area contributed by atoms with Crippen LogP contribution in [0, 0.1) is 0 Å². The zero-order chi connectivity index (χ0) is 17.2. The molecule has 0 bridgehead atoms. The lowest BCUT2D eigenvalue weighted by Gasteiger charge is -2.35. The third kappa shape index (κ3) is 3.24. The molecule has 2 amide bonds. The number of fused-ring (bicyclic) bond motifs is 1. The molecule has 2 aliphatic rings. The third-order valence-corrected chi connectivity index (χ3v) is 5.08. The van der Waals surface area contributed by atoms with Crippen LogP contribution >= 0.6 is 0 Å². The Morgan fingerprint density at radius 2 is 1.64 bits per heavy atom. The first kappa shape index (κ1) is 16.1. The molecule has 0 aromatic heterocycles. The topological polar surface area (TPSA) is 49.9 Å². The fourth-order valence-electron chi connectivity index (χ4n) is 3.61. The van der Waals surface area contributed by atoms with Gasteiger partial charge in [0.25, 0.3) is 11.8 Å². The summed E-state index contributed by atoms with van der Waals surface area (Å²) in [5.41, 5.74) is 0.706. The Morgan fingerprint density at radius 3 is 2.36 bits per heavy atom. The second-order valence-electron chi connectivity index (χ2n) is 6.68. The molecule has 5 heteroatoms. The fourth-order valence-corrected chi connectivity index (χ4v) is 3.61. The molecule has 25 heavy (non-hydrogen) atoms. The van der Waals surface area contributed by atoms with Gasteiger partial charge in [-0.05, 0) is 35.7 Å². The molecule has 2 aromatic carbocycles. The number of carbonyl (C=O) groups is 2. The van der Waals surface area contributed by atoms with Crippen molar-refractivity contribution in [2.75, 3.05) is 32.8 Å². The molecule has 2 heterocycles. The number of ether oxygens (including phenoxy) is 1. The molecule has 2 fully saturated rings. The average molecular weight is 338 g/mol. The van der Waals surface area contributed by atoms with Crippen LogP contribution < -0.4 is 0 Å². The van der Waals surface area contributed by atoms with Crippen LogP contribution in [0.5, 0.6) is 0 Å². The number of nitrogens with zero attached hydrogens (tertiary/aromatic N) is 2. The average Bonchev–Trinajstić information content (AvgIpc) is 3.21. The van der Waals surface area contributed by atoms with Gasteiger partial charge in [0.2, 0.25) is 0 Å². The van der Waals surface area contributed by atoms with Gasteiger partial charge in [-0.3, -0.25) is 9.59 Å². The van der Waals surface area contributed by atoms with Gasteiger partial charge in [-0.25, -0.2) is 0 Å². The normalized spacial score (nSPS) is 20.9. The number of piperazine rings is 1. The first-order chi connectivity index (χ1) is 12.2. The first-order valence-corrected chi connectivity index (χ1v) is 8.91. The predicted octanol–water partition coefficient (Wildman–Crippen LogP) is 2.30. The fraction of sp³-hybridized carbons (Fsp3) is 0.400. The summed E-state index contributed by atoms with van der Waals surface area (Å²) in [6.45, 7) is 2.99. The van der Waals surface area contributed by atoms with E-state index >= 15 is 0 Å². The summed E-state index contributed by atoms with van der Waals surface area (Å²) in [6, 6.07) is 13.8. The third-order valence-electron chi connectivity index (χ3n) is 5.08. The Balaban J connectivity index is 1.41. The highest BCUT2D eigenvalue weighted by Gasteiger charge is 2.31. The van der Waals surface area contributed by atoms with Gasteiger partial charge < -0.3 is 14.5 Å². The van der Waals surface area contributed by atoms with Crippen molar-refractivity contribution in [2.24, 2.45) is 0 Å². The molecule has 0 spiro atoms. The van der Waals surface area contributed by atoms with Gasteiger partial charge in [0, 0.05) is 38.3 Å². The molecule has 4 rings (SSSR count). The van der Waals surface area contributed by atoms with Crippen LogP contribution in [0.1, 0.15) is 23.2 Å². The molecule has 0 aliphatic carbocycles. The van der Waals surface area contributed by atoms with Crippen molar-refractivity contribution in [1.29, 1.82) is 0 Å². The van der Waals surface area contributed by atoms with Gasteiger partial charge in [0.15, 0.2) is 0 Å². The Morgan fingerprint density at radius 1 is 0.920 bits per heavy atom. The minimum atomic E-state index is -0.275. The number of amides is 2.